The fourth-order valence-electron chi connectivity index (χ4n) is 7.96. The second-order valence-corrected chi connectivity index (χ2v) is 19.8. The highest BCUT2D eigenvalue weighted by Crippen LogP contribution is 2.27. The summed E-state index contributed by atoms with van der Waals surface area (Å²) in [6, 6.07) is 0. The van der Waals surface area contributed by atoms with Crippen LogP contribution in [0.4, 0.5) is 0 Å². The van der Waals surface area contributed by atoms with Crippen molar-refractivity contribution >= 4 is 41.8 Å². The molecule has 0 spiro atoms. The van der Waals surface area contributed by atoms with Gasteiger partial charge in [-0.25, -0.2) is 4.79 Å². The minimum Gasteiger partial charge on any atom is -0.466 e. The molecule has 0 fully saturated rings. The molecule has 0 atom stereocenters. The maximum atomic E-state index is 14.0. The first-order valence-electron chi connectivity index (χ1n) is 28.7. The Kier molecular flexibility index (Phi) is 46.9. The van der Waals surface area contributed by atoms with Crippen LogP contribution in [0.25, 0.3) is 0 Å². The Bertz CT molecular complexity index is 1330. The number of carbonyl (C=O) groups excluding carboxylic acids is 7. The molecule has 15 nitrogen and oxygen atoms in total. The lowest BCUT2D eigenvalue weighted by atomic mass is 9.94. The zero-order chi connectivity index (χ0) is 53.2. The summed E-state index contributed by atoms with van der Waals surface area (Å²) in [5.74, 6) is -4.21. The van der Waals surface area contributed by atoms with Gasteiger partial charge in [-0.2, -0.15) is 0 Å². The Hall–Kier alpha value is -3.75. The van der Waals surface area contributed by atoms with Crippen LogP contribution in [0.5, 0.6) is 0 Å². The number of hydrogen-bond donors (Lipinski definition) is 0. The van der Waals surface area contributed by atoms with Gasteiger partial charge in [0.2, 0.25) is 5.60 Å². The van der Waals surface area contributed by atoms with E-state index in [1.54, 1.807) is 0 Å². The fraction of sp³-hybridized carbons (Fsp3) is 0.877. The molecule has 72 heavy (non-hydrogen) atoms. The number of esters is 7. The van der Waals surface area contributed by atoms with E-state index in [0.717, 1.165) is 57.8 Å². The summed E-state index contributed by atoms with van der Waals surface area (Å²) in [6.45, 7) is 7.78. The summed E-state index contributed by atoms with van der Waals surface area (Å²) in [7, 11) is 3.71. The molecule has 0 N–H and O–H groups in total. The lowest BCUT2D eigenvalue weighted by Crippen LogP contribution is -2.49. The van der Waals surface area contributed by atoms with Gasteiger partial charge in [0.25, 0.3) is 0 Å². The molecule has 0 amide bonds. The first kappa shape index (κ1) is 68.2. The van der Waals surface area contributed by atoms with Crippen molar-refractivity contribution in [2.24, 2.45) is 0 Å². The monoisotopic (exact) mass is 1030 g/mol. The first-order valence-corrected chi connectivity index (χ1v) is 28.7. The molecule has 0 aromatic carbocycles. The number of rotatable bonds is 52. The molecule has 15 heteroatoms. The third-order valence-electron chi connectivity index (χ3n) is 12.4. The van der Waals surface area contributed by atoms with Crippen LogP contribution in [-0.2, 0) is 66.7 Å². The van der Waals surface area contributed by atoms with E-state index in [4.69, 9.17) is 33.2 Å². The highest BCUT2D eigenvalue weighted by molar-refractivity contribution is 5.92. The lowest BCUT2D eigenvalue weighted by Gasteiger charge is -2.30. The maximum absolute atomic E-state index is 14.0. The van der Waals surface area contributed by atoms with Crippen molar-refractivity contribution in [2.75, 3.05) is 60.3 Å². The summed E-state index contributed by atoms with van der Waals surface area (Å²) in [6.07, 6.45) is 28.2. The van der Waals surface area contributed by atoms with Crippen molar-refractivity contribution < 1.29 is 66.7 Å². The summed E-state index contributed by atoms with van der Waals surface area (Å²) in [5.41, 5.74) is -2.34. The fourth-order valence-corrected chi connectivity index (χ4v) is 7.96. The predicted molar refractivity (Wildman–Crippen MR) is 281 cm³/mol. The molecule has 0 saturated heterocycles. The molecule has 0 aliphatic heterocycles. The van der Waals surface area contributed by atoms with Gasteiger partial charge >= 0.3 is 41.8 Å². The summed E-state index contributed by atoms with van der Waals surface area (Å²) in [4.78, 5) is 92.7. The van der Waals surface area contributed by atoms with Crippen LogP contribution in [0.15, 0.2) is 0 Å². The van der Waals surface area contributed by atoms with Gasteiger partial charge in [0.05, 0.1) is 52.5 Å². The van der Waals surface area contributed by atoms with Gasteiger partial charge in [-0.3, -0.25) is 28.8 Å². The van der Waals surface area contributed by atoms with Crippen molar-refractivity contribution in [3.05, 3.63) is 0 Å². The maximum Gasteiger partial charge on any atom is 0.351 e. The Balaban J connectivity index is 5.41. The van der Waals surface area contributed by atoms with Crippen LogP contribution in [0.1, 0.15) is 258 Å². The topological polar surface area (TPSA) is 187 Å². The molecule has 0 heterocycles. The number of ether oxygens (including phenoxy) is 7. The molecule has 0 saturated carbocycles. The van der Waals surface area contributed by atoms with Gasteiger partial charge in [0.1, 0.15) is 0 Å². The third-order valence-corrected chi connectivity index (χ3v) is 12.4. The Morgan fingerprint density at radius 1 is 0.306 bits per heavy atom. The average molecular weight is 1030 g/mol. The molecule has 0 bridgehead atoms. The highest BCUT2D eigenvalue weighted by Gasteiger charge is 2.49. The van der Waals surface area contributed by atoms with E-state index >= 15 is 0 Å². The minimum absolute atomic E-state index is 0.00474. The van der Waals surface area contributed by atoms with Crippen molar-refractivity contribution in [1.82, 2.24) is 4.90 Å². The molecule has 0 radical (unpaired) electrons. The molecule has 0 aliphatic carbocycles. The second-order valence-electron chi connectivity index (χ2n) is 19.8. The lowest BCUT2D eigenvalue weighted by molar-refractivity contribution is -0.191. The van der Waals surface area contributed by atoms with Crippen LogP contribution < -0.4 is 0 Å². The zero-order valence-electron chi connectivity index (χ0n) is 46.3. The number of nitrogens with zero attached hydrogens (tertiary/aromatic N) is 1. The zero-order valence-corrected chi connectivity index (χ0v) is 46.3. The van der Waals surface area contributed by atoms with Crippen LogP contribution in [-0.4, -0.2) is 113 Å². The molecule has 420 valence electrons. The minimum atomic E-state index is -2.34. The van der Waals surface area contributed by atoms with E-state index < -0.39 is 42.3 Å². The molecular weight excluding hydrogens is 923 g/mol. The Morgan fingerprint density at radius 3 is 0.889 bits per heavy atom. The van der Waals surface area contributed by atoms with Gasteiger partial charge in [-0.1, -0.05) is 136 Å². The standard InChI is InChI=1S/C57H103NO14/c1-6-9-12-15-18-21-27-37-50(59)66-42-30-24-33-45-69-54(63)48-57(72-53(62)40-36-41-58(4)5,56(65)71-47-35-26-32-44-68-52(61)39-29-23-20-17-14-11-8-3)49-55(64)70-46-34-25-31-43-67-51(60)38-28-22-19-16-13-10-7-2/h6-49H2,1-5H3. The molecule has 0 aromatic heterocycles. The number of hydrogen-bond acceptors (Lipinski definition) is 15. The van der Waals surface area contributed by atoms with E-state index in [0.29, 0.717) is 90.0 Å². The first-order chi connectivity index (χ1) is 34.9. The van der Waals surface area contributed by atoms with Crippen LogP contribution in [0.3, 0.4) is 0 Å². The quantitative estimate of drug-likeness (QED) is 0.0318. The van der Waals surface area contributed by atoms with E-state index in [1.165, 1.54) is 77.0 Å². The van der Waals surface area contributed by atoms with Crippen LogP contribution in [0, 0.1) is 0 Å². The number of unbranched alkanes of at least 4 members (excludes halogenated alkanes) is 24. The molecule has 0 unspecified atom stereocenters. The van der Waals surface area contributed by atoms with E-state index in [1.807, 2.05) is 19.0 Å². The largest absolute Gasteiger partial charge is 0.466 e. The SMILES string of the molecule is CCCCCCCCCC(=O)OCCCCCOC(=O)CC(CC(=O)OCCCCCOC(=O)CCCCCCCCC)(OC(=O)CCCN(C)C)C(=O)OCCCCCOC(=O)CCCCCCCCC. The van der Waals surface area contributed by atoms with Gasteiger partial charge in [0, 0.05) is 25.7 Å². The Morgan fingerprint density at radius 2 is 0.569 bits per heavy atom. The molecule has 0 rings (SSSR count). The van der Waals surface area contributed by atoms with Gasteiger partial charge < -0.3 is 38.1 Å². The molecular formula is C57H103NO14. The second kappa shape index (κ2) is 49.5. The van der Waals surface area contributed by atoms with Crippen molar-refractivity contribution in [3.63, 3.8) is 0 Å². The highest BCUT2D eigenvalue weighted by atomic mass is 16.6. The van der Waals surface area contributed by atoms with E-state index in [2.05, 4.69) is 20.8 Å². The average Bonchev–Trinajstić information content (AvgIpc) is 3.34. The molecule has 0 aromatic rings. The summed E-state index contributed by atoms with van der Waals surface area (Å²) >= 11 is 0. The third kappa shape index (κ3) is 43.8. The smallest absolute Gasteiger partial charge is 0.351 e. The van der Waals surface area contributed by atoms with Crippen molar-refractivity contribution in [2.45, 2.75) is 264 Å². The van der Waals surface area contributed by atoms with Gasteiger partial charge in [0.15, 0.2) is 0 Å². The van der Waals surface area contributed by atoms with Crippen LogP contribution >= 0.6 is 0 Å². The normalized spacial score (nSPS) is 11.3. The Labute approximate surface area is 436 Å². The van der Waals surface area contributed by atoms with Gasteiger partial charge in [-0.05, 0) is 104 Å². The summed E-state index contributed by atoms with van der Waals surface area (Å²) < 4.78 is 38.6. The number of carbonyl (C=O) groups is 7. The molecule has 0 aliphatic rings. The van der Waals surface area contributed by atoms with Crippen molar-refractivity contribution in [1.29, 1.82) is 0 Å². The van der Waals surface area contributed by atoms with Crippen molar-refractivity contribution in [3.8, 4) is 0 Å². The van der Waals surface area contributed by atoms with Gasteiger partial charge in [-0.15, -0.1) is 0 Å². The van der Waals surface area contributed by atoms with E-state index in [9.17, 15) is 33.6 Å². The summed E-state index contributed by atoms with van der Waals surface area (Å²) in [5, 5.41) is 0. The van der Waals surface area contributed by atoms with E-state index in [-0.39, 0.29) is 64.0 Å². The predicted octanol–water partition coefficient (Wildman–Crippen LogP) is 12.6. The van der Waals surface area contributed by atoms with Crippen LogP contribution in [0.2, 0.25) is 0 Å².